The van der Waals surface area contributed by atoms with E-state index < -0.39 is 0 Å². The van der Waals surface area contributed by atoms with Gasteiger partial charge in [-0.3, -0.25) is 4.79 Å². The van der Waals surface area contributed by atoms with Gasteiger partial charge in [0.1, 0.15) is 11.6 Å². The summed E-state index contributed by atoms with van der Waals surface area (Å²) >= 11 is 0. The molecule has 0 aliphatic heterocycles. The van der Waals surface area contributed by atoms with E-state index >= 15 is 0 Å². The highest BCUT2D eigenvalue weighted by molar-refractivity contribution is 5.95. The minimum absolute atomic E-state index is 0.189. The minimum atomic E-state index is -0.321. The fraction of sp³-hybridized carbons (Fsp3) is 0.316. The van der Waals surface area contributed by atoms with Crippen LogP contribution in [0.4, 0.5) is 4.39 Å². The topological polar surface area (TPSA) is 38.3 Å². The molecule has 0 radical (unpaired) electrons. The molecule has 1 aliphatic rings. The molecule has 1 aliphatic carbocycles. The molecule has 0 heterocycles. The molecule has 23 heavy (non-hydrogen) atoms. The maximum Gasteiger partial charge on any atom is 0.251 e. The third-order valence-corrected chi connectivity index (χ3v) is 4.21. The summed E-state index contributed by atoms with van der Waals surface area (Å²) in [6.07, 6.45) is 4.71. The zero-order chi connectivity index (χ0) is 16.2. The van der Waals surface area contributed by atoms with E-state index in [1.807, 2.05) is 0 Å². The SMILES string of the molecule is CNC(=O)c1cccc(-c2cc(OC3CCCC3)ccc2F)c1. The van der Waals surface area contributed by atoms with Gasteiger partial charge in [0, 0.05) is 18.2 Å². The molecule has 4 heteroatoms. The molecule has 1 amide bonds. The Labute approximate surface area is 135 Å². The molecule has 0 bridgehead atoms. The second-order valence-electron chi connectivity index (χ2n) is 5.83. The maximum absolute atomic E-state index is 14.2. The van der Waals surface area contributed by atoms with Gasteiger partial charge >= 0.3 is 0 Å². The zero-order valence-electron chi connectivity index (χ0n) is 13.1. The second-order valence-corrected chi connectivity index (χ2v) is 5.83. The number of nitrogens with one attached hydrogen (secondary N) is 1. The van der Waals surface area contributed by atoms with Crippen molar-refractivity contribution in [3.8, 4) is 16.9 Å². The van der Waals surface area contributed by atoms with Gasteiger partial charge in [0.25, 0.3) is 5.91 Å². The monoisotopic (exact) mass is 313 g/mol. The van der Waals surface area contributed by atoms with Gasteiger partial charge in [0.05, 0.1) is 6.10 Å². The van der Waals surface area contributed by atoms with Crippen molar-refractivity contribution in [2.75, 3.05) is 7.05 Å². The van der Waals surface area contributed by atoms with Crippen LogP contribution in [0.3, 0.4) is 0 Å². The lowest BCUT2D eigenvalue weighted by Gasteiger charge is -2.14. The highest BCUT2D eigenvalue weighted by Gasteiger charge is 2.17. The van der Waals surface area contributed by atoms with Crippen LogP contribution in [0.2, 0.25) is 0 Å². The Morgan fingerprint density at radius 3 is 2.70 bits per heavy atom. The van der Waals surface area contributed by atoms with Crippen molar-refractivity contribution >= 4 is 5.91 Å². The molecule has 1 fully saturated rings. The van der Waals surface area contributed by atoms with Gasteiger partial charge in [0.15, 0.2) is 0 Å². The van der Waals surface area contributed by atoms with Gasteiger partial charge < -0.3 is 10.1 Å². The first-order valence-electron chi connectivity index (χ1n) is 7.96. The summed E-state index contributed by atoms with van der Waals surface area (Å²) in [7, 11) is 1.58. The third-order valence-electron chi connectivity index (χ3n) is 4.21. The van der Waals surface area contributed by atoms with Crippen LogP contribution >= 0.6 is 0 Å². The first kappa shape index (κ1) is 15.5. The normalized spacial score (nSPS) is 14.7. The summed E-state index contributed by atoms with van der Waals surface area (Å²) in [6.45, 7) is 0. The van der Waals surface area contributed by atoms with E-state index in [0.717, 1.165) is 12.8 Å². The Hall–Kier alpha value is -2.36. The number of hydrogen-bond acceptors (Lipinski definition) is 2. The van der Waals surface area contributed by atoms with Gasteiger partial charge in [-0.2, -0.15) is 0 Å². The highest BCUT2D eigenvalue weighted by atomic mass is 19.1. The van der Waals surface area contributed by atoms with Crippen LogP contribution in [0.25, 0.3) is 11.1 Å². The first-order chi connectivity index (χ1) is 11.2. The van der Waals surface area contributed by atoms with E-state index in [9.17, 15) is 9.18 Å². The van der Waals surface area contributed by atoms with Crippen LogP contribution in [0.5, 0.6) is 5.75 Å². The van der Waals surface area contributed by atoms with Gasteiger partial charge in [-0.05, 0) is 61.6 Å². The number of rotatable bonds is 4. The molecular formula is C19H20FNO2. The minimum Gasteiger partial charge on any atom is -0.490 e. The Bertz CT molecular complexity index is 708. The lowest BCUT2D eigenvalue weighted by atomic mass is 10.0. The van der Waals surface area contributed by atoms with Crippen LogP contribution in [0.1, 0.15) is 36.0 Å². The van der Waals surface area contributed by atoms with Crippen molar-refractivity contribution in [1.29, 1.82) is 0 Å². The molecule has 0 atom stereocenters. The van der Waals surface area contributed by atoms with Crippen LogP contribution in [0, 0.1) is 5.82 Å². The summed E-state index contributed by atoms with van der Waals surface area (Å²) in [6, 6.07) is 11.8. The van der Waals surface area contributed by atoms with E-state index in [1.54, 1.807) is 43.4 Å². The summed E-state index contributed by atoms with van der Waals surface area (Å²) in [5.41, 5.74) is 1.62. The predicted octanol–water partition coefficient (Wildman–Crippen LogP) is 4.17. The van der Waals surface area contributed by atoms with Crippen LogP contribution in [-0.2, 0) is 0 Å². The summed E-state index contributed by atoms with van der Waals surface area (Å²) in [5, 5.41) is 2.58. The molecule has 1 N–H and O–H groups in total. The van der Waals surface area contributed by atoms with Crippen molar-refractivity contribution in [3.63, 3.8) is 0 Å². The molecule has 0 aromatic heterocycles. The number of hydrogen-bond donors (Lipinski definition) is 1. The van der Waals surface area contributed by atoms with E-state index in [4.69, 9.17) is 4.74 Å². The standard InChI is InChI=1S/C19H20FNO2/c1-21-19(22)14-6-4-5-13(11-14)17-12-16(9-10-18(17)20)23-15-7-2-3-8-15/h4-6,9-12,15H,2-3,7-8H2,1H3,(H,21,22). The lowest BCUT2D eigenvalue weighted by Crippen LogP contribution is -2.17. The van der Waals surface area contributed by atoms with Crippen molar-refractivity contribution in [2.45, 2.75) is 31.8 Å². The molecule has 0 spiro atoms. The molecule has 120 valence electrons. The Morgan fingerprint density at radius 1 is 1.17 bits per heavy atom. The fourth-order valence-corrected chi connectivity index (χ4v) is 2.97. The highest BCUT2D eigenvalue weighted by Crippen LogP contribution is 2.30. The fourth-order valence-electron chi connectivity index (χ4n) is 2.97. The molecule has 0 saturated heterocycles. The number of carbonyl (C=O) groups excluding carboxylic acids is 1. The molecule has 3 nitrogen and oxygen atoms in total. The van der Waals surface area contributed by atoms with E-state index in [0.29, 0.717) is 22.4 Å². The molecule has 3 rings (SSSR count). The number of benzene rings is 2. The molecule has 2 aromatic carbocycles. The summed E-state index contributed by atoms with van der Waals surface area (Å²) < 4.78 is 20.2. The van der Waals surface area contributed by atoms with Gasteiger partial charge in [-0.15, -0.1) is 0 Å². The van der Waals surface area contributed by atoms with Crippen molar-refractivity contribution < 1.29 is 13.9 Å². The third kappa shape index (κ3) is 3.52. The molecular weight excluding hydrogens is 293 g/mol. The Balaban J connectivity index is 1.90. The Kier molecular flexibility index (Phi) is 4.60. The van der Waals surface area contributed by atoms with Crippen LogP contribution < -0.4 is 10.1 Å². The maximum atomic E-state index is 14.2. The predicted molar refractivity (Wildman–Crippen MR) is 88.1 cm³/mol. The van der Waals surface area contributed by atoms with Gasteiger partial charge in [-0.1, -0.05) is 12.1 Å². The van der Waals surface area contributed by atoms with Crippen LogP contribution in [-0.4, -0.2) is 19.1 Å². The van der Waals surface area contributed by atoms with Crippen molar-refractivity contribution in [3.05, 3.63) is 53.8 Å². The quantitative estimate of drug-likeness (QED) is 0.920. The number of amides is 1. The summed E-state index contributed by atoms with van der Waals surface area (Å²) in [5.74, 6) is 0.169. The number of carbonyl (C=O) groups is 1. The van der Waals surface area contributed by atoms with E-state index in [2.05, 4.69) is 5.32 Å². The smallest absolute Gasteiger partial charge is 0.251 e. The molecule has 0 unspecified atom stereocenters. The largest absolute Gasteiger partial charge is 0.490 e. The first-order valence-corrected chi connectivity index (χ1v) is 7.96. The molecule has 2 aromatic rings. The van der Waals surface area contributed by atoms with Crippen molar-refractivity contribution in [2.24, 2.45) is 0 Å². The van der Waals surface area contributed by atoms with Crippen LogP contribution in [0.15, 0.2) is 42.5 Å². The summed E-state index contributed by atoms with van der Waals surface area (Å²) in [4.78, 5) is 11.7. The average molecular weight is 313 g/mol. The van der Waals surface area contributed by atoms with Gasteiger partial charge in [-0.25, -0.2) is 4.39 Å². The average Bonchev–Trinajstić information content (AvgIpc) is 3.09. The lowest BCUT2D eigenvalue weighted by molar-refractivity contribution is 0.0963. The molecule has 1 saturated carbocycles. The Morgan fingerprint density at radius 2 is 1.96 bits per heavy atom. The number of ether oxygens (including phenoxy) is 1. The number of halogens is 1. The van der Waals surface area contributed by atoms with Crippen molar-refractivity contribution in [1.82, 2.24) is 5.32 Å². The van der Waals surface area contributed by atoms with E-state index in [-0.39, 0.29) is 17.8 Å². The zero-order valence-corrected chi connectivity index (χ0v) is 13.1. The van der Waals surface area contributed by atoms with Gasteiger partial charge in [0.2, 0.25) is 0 Å². The second kappa shape index (κ2) is 6.82. The van der Waals surface area contributed by atoms with E-state index in [1.165, 1.54) is 18.9 Å².